The first kappa shape index (κ1) is 15.6. The van der Waals surface area contributed by atoms with Gasteiger partial charge in [0.15, 0.2) is 0 Å². The third-order valence-electron chi connectivity index (χ3n) is 2.78. The second-order valence-electron chi connectivity index (χ2n) is 4.07. The molecular formula is C13H18BrN3O2. The second-order valence-corrected chi connectivity index (χ2v) is 4.89. The van der Waals surface area contributed by atoms with E-state index in [0.29, 0.717) is 23.3 Å². The van der Waals surface area contributed by atoms with E-state index < -0.39 is 6.04 Å². The van der Waals surface area contributed by atoms with Crippen molar-refractivity contribution in [1.29, 1.82) is 0 Å². The monoisotopic (exact) mass is 327 g/mol. The van der Waals surface area contributed by atoms with Crippen molar-refractivity contribution in [2.75, 3.05) is 13.1 Å². The van der Waals surface area contributed by atoms with E-state index in [1.807, 2.05) is 13.8 Å². The van der Waals surface area contributed by atoms with Crippen molar-refractivity contribution in [2.24, 2.45) is 0 Å². The molecule has 0 aliphatic carbocycles. The maximum atomic E-state index is 12.0. The highest BCUT2D eigenvalue weighted by Crippen LogP contribution is 2.08. The van der Waals surface area contributed by atoms with Crippen LogP contribution in [0.5, 0.6) is 0 Å². The normalized spacial score (nSPS) is 11.8. The van der Waals surface area contributed by atoms with Crippen LogP contribution in [0.4, 0.5) is 0 Å². The Hall–Kier alpha value is -1.43. The number of rotatable bonds is 5. The Morgan fingerprint density at radius 1 is 1.42 bits per heavy atom. The van der Waals surface area contributed by atoms with Crippen LogP contribution < -0.4 is 5.32 Å². The highest BCUT2D eigenvalue weighted by molar-refractivity contribution is 9.10. The van der Waals surface area contributed by atoms with E-state index in [4.69, 9.17) is 0 Å². The summed E-state index contributed by atoms with van der Waals surface area (Å²) in [6.45, 7) is 6.79. The Bertz CT molecular complexity index is 461. The summed E-state index contributed by atoms with van der Waals surface area (Å²) in [6, 6.07) is 2.68. The smallest absolute Gasteiger partial charge is 0.252 e. The molecule has 1 aromatic rings. The van der Waals surface area contributed by atoms with Crippen LogP contribution in [0, 0.1) is 0 Å². The fraction of sp³-hybridized carbons (Fsp3) is 0.462. The first-order chi connectivity index (χ1) is 8.99. The molecule has 5 nitrogen and oxygen atoms in total. The molecule has 0 fully saturated rings. The predicted molar refractivity (Wildman–Crippen MR) is 76.8 cm³/mol. The van der Waals surface area contributed by atoms with Gasteiger partial charge in [-0.25, -0.2) is 4.98 Å². The average molecular weight is 328 g/mol. The summed E-state index contributed by atoms with van der Waals surface area (Å²) in [5.41, 5.74) is 0.473. The Morgan fingerprint density at radius 2 is 2.05 bits per heavy atom. The number of hydrogen-bond donors (Lipinski definition) is 1. The lowest BCUT2D eigenvalue weighted by atomic mass is 10.2. The predicted octanol–water partition coefficient (Wildman–Crippen LogP) is 1.83. The average Bonchev–Trinajstić information content (AvgIpc) is 2.39. The molecule has 2 amide bonds. The van der Waals surface area contributed by atoms with Crippen molar-refractivity contribution in [1.82, 2.24) is 15.2 Å². The summed E-state index contributed by atoms with van der Waals surface area (Å²) in [5.74, 6) is -0.359. The molecule has 104 valence electrons. The molecule has 0 bridgehead atoms. The van der Waals surface area contributed by atoms with E-state index in [9.17, 15) is 9.59 Å². The van der Waals surface area contributed by atoms with E-state index in [1.165, 1.54) is 6.20 Å². The second kappa shape index (κ2) is 7.23. The van der Waals surface area contributed by atoms with Gasteiger partial charge in [0.1, 0.15) is 10.6 Å². The minimum absolute atomic E-state index is 0.0773. The number of likely N-dealkylation sites (N-methyl/N-ethyl adjacent to an activating group) is 1. The van der Waals surface area contributed by atoms with Crippen LogP contribution >= 0.6 is 15.9 Å². The standard InChI is InChI=1S/C13H18BrN3O2/c1-4-17(5-2)13(19)9(3)16-12(18)10-6-7-15-11(14)8-10/h6-9H,4-5H2,1-3H3,(H,16,18). The van der Waals surface area contributed by atoms with E-state index >= 15 is 0 Å². The van der Waals surface area contributed by atoms with E-state index in [1.54, 1.807) is 24.0 Å². The van der Waals surface area contributed by atoms with Gasteiger partial charge in [0.2, 0.25) is 5.91 Å². The molecule has 0 spiro atoms. The van der Waals surface area contributed by atoms with Crippen molar-refractivity contribution in [3.05, 3.63) is 28.5 Å². The number of nitrogens with zero attached hydrogens (tertiary/aromatic N) is 2. The zero-order chi connectivity index (χ0) is 14.4. The maximum Gasteiger partial charge on any atom is 0.252 e. The van der Waals surface area contributed by atoms with Crippen LogP contribution in [0.2, 0.25) is 0 Å². The molecule has 1 rings (SSSR count). The Kier molecular flexibility index (Phi) is 5.95. The number of hydrogen-bond acceptors (Lipinski definition) is 3. The summed E-state index contributed by atoms with van der Waals surface area (Å²) >= 11 is 3.20. The van der Waals surface area contributed by atoms with Gasteiger partial charge in [0.05, 0.1) is 0 Å². The number of pyridine rings is 1. The fourth-order valence-corrected chi connectivity index (χ4v) is 2.06. The largest absolute Gasteiger partial charge is 0.341 e. The molecule has 1 unspecified atom stereocenters. The molecular weight excluding hydrogens is 310 g/mol. The number of carbonyl (C=O) groups is 2. The molecule has 0 radical (unpaired) electrons. The summed E-state index contributed by atoms with van der Waals surface area (Å²) in [6.07, 6.45) is 1.54. The summed E-state index contributed by atoms with van der Waals surface area (Å²) in [4.78, 5) is 29.6. The minimum Gasteiger partial charge on any atom is -0.341 e. The molecule has 1 aromatic heterocycles. The Labute approximate surface area is 121 Å². The lowest BCUT2D eigenvalue weighted by molar-refractivity contribution is -0.132. The Balaban J connectivity index is 2.69. The van der Waals surface area contributed by atoms with Crippen molar-refractivity contribution < 1.29 is 9.59 Å². The molecule has 0 aliphatic rings. The highest BCUT2D eigenvalue weighted by Gasteiger charge is 2.20. The van der Waals surface area contributed by atoms with Gasteiger partial charge in [-0.1, -0.05) is 0 Å². The van der Waals surface area contributed by atoms with Crippen LogP contribution in [0.1, 0.15) is 31.1 Å². The highest BCUT2D eigenvalue weighted by atomic mass is 79.9. The van der Waals surface area contributed by atoms with Gasteiger partial charge in [0, 0.05) is 24.8 Å². The fourth-order valence-electron chi connectivity index (χ4n) is 1.69. The third kappa shape index (κ3) is 4.31. The molecule has 1 heterocycles. The van der Waals surface area contributed by atoms with E-state index in [-0.39, 0.29) is 11.8 Å². The minimum atomic E-state index is -0.542. The molecule has 1 atom stereocenters. The number of aromatic nitrogens is 1. The lowest BCUT2D eigenvalue weighted by Crippen LogP contribution is -2.46. The first-order valence-corrected chi connectivity index (χ1v) is 7.00. The number of nitrogens with one attached hydrogen (secondary N) is 1. The van der Waals surface area contributed by atoms with Crippen molar-refractivity contribution in [3.63, 3.8) is 0 Å². The quantitative estimate of drug-likeness (QED) is 0.839. The topological polar surface area (TPSA) is 62.3 Å². The number of carbonyl (C=O) groups excluding carboxylic acids is 2. The van der Waals surface area contributed by atoms with Crippen LogP contribution in [0.25, 0.3) is 0 Å². The maximum absolute atomic E-state index is 12.0. The van der Waals surface area contributed by atoms with Gasteiger partial charge in [-0.2, -0.15) is 0 Å². The molecule has 0 saturated carbocycles. The summed E-state index contributed by atoms with van der Waals surface area (Å²) in [5, 5.41) is 2.69. The van der Waals surface area contributed by atoms with Crippen LogP contribution in [-0.2, 0) is 4.79 Å². The summed E-state index contributed by atoms with van der Waals surface area (Å²) in [7, 11) is 0. The number of halogens is 1. The third-order valence-corrected chi connectivity index (χ3v) is 3.22. The molecule has 1 N–H and O–H groups in total. The van der Waals surface area contributed by atoms with Crippen LogP contribution in [-0.4, -0.2) is 40.8 Å². The SMILES string of the molecule is CCN(CC)C(=O)C(C)NC(=O)c1ccnc(Br)c1. The van der Waals surface area contributed by atoms with Crippen molar-refractivity contribution in [2.45, 2.75) is 26.8 Å². The summed E-state index contributed by atoms with van der Waals surface area (Å²) < 4.78 is 0.586. The van der Waals surface area contributed by atoms with Gasteiger partial charge < -0.3 is 10.2 Å². The molecule has 0 saturated heterocycles. The van der Waals surface area contributed by atoms with Gasteiger partial charge in [-0.05, 0) is 48.8 Å². The van der Waals surface area contributed by atoms with Crippen molar-refractivity contribution >= 4 is 27.7 Å². The molecule has 0 aromatic carbocycles. The number of amides is 2. The van der Waals surface area contributed by atoms with Crippen LogP contribution in [0.15, 0.2) is 22.9 Å². The van der Waals surface area contributed by atoms with Crippen molar-refractivity contribution in [3.8, 4) is 0 Å². The van der Waals surface area contributed by atoms with Gasteiger partial charge in [-0.15, -0.1) is 0 Å². The zero-order valence-electron chi connectivity index (χ0n) is 11.3. The molecule has 19 heavy (non-hydrogen) atoms. The zero-order valence-corrected chi connectivity index (χ0v) is 12.9. The van der Waals surface area contributed by atoms with E-state index in [2.05, 4.69) is 26.2 Å². The first-order valence-electron chi connectivity index (χ1n) is 6.20. The molecule has 6 heteroatoms. The Morgan fingerprint density at radius 3 is 2.58 bits per heavy atom. The van der Waals surface area contributed by atoms with Gasteiger partial charge >= 0.3 is 0 Å². The van der Waals surface area contributed by atoms with Gasteiger partial charge in [0.25, 0.3) is 5.91 Å². The van der Waals surface area contributed by atoms with Crippen LogP contribution in [0.3, 0.4) is 0 Å². The van der Waals surface area contributed by atoms with E-state index in [0.717, 1.165) is 0 Å². The van der Waals surface area contributed by atoms with Gasteiger partial charge in [-0.3, -0.25) is 9.59 Å². The molecule has 0 aliphatic heterocycles. The lowest BCUT2D eigenvalue weighted by Gasteiger charge is -2.23.